The topological polar surface area (TPSA) is 85.2 Å². The van der Waals surface area contributed by atoms with Crippen molar-refractivity contribution in [2.45, 2.75) is 24.3 Å². The van der Waals surface area contributed by atoms with Crippen LogP contribution in [0.1, 0.15) is 34.0 Å². The van der Waals surface area contributed by atoms with Gasteiger partial charge in [0, 0.05) is 56.1 Å². The molecule has 1 fully saturated rings. The molecule has 1 aliphatic heterocycles. The quantitative estimate of drug-likeness (QED) is 0.545. The van der Waals surface area contributed by atoms with Crippen LogP contribution in [0, 0.1) is 12.8 Å². The molecule has 0 spiro atoms. The molecule has 3 heterocycles. The average Bonchev–Trinajstić information content (AvgIpc) is 3.14. The van der Waals surface area contributed by atoms with Gasteiger partial charge in [0.1, 0.15) is 0 Å². The van der Waals surface area contributed by atoms with Gasteiger partial charge in [-0.05, 0) is 25.0 Å². The van der Waals surface area contributed by atoms with Crippen molar-refractivity contribution >= 4 is 15.8 Å². The number of carbonyl (C=O) groups excluding carboxylic acids is 1. The molecule has 7 nitrogen and oxygen atoms in total. The Hall–Kier alpha value is -2.84. The number of hydrogen-bond acceptors (Lipinski definition) is 5. The number of aromatic nitrogens is 3. The van der Waals surface area contributed by atoms with Gasteiger partial charge in [0.2, 0.25) is 0 Å². The van der Waals surface area contributed by atoms with Crippen LogP contribution in [0.5, 0.6) is 0 Å². The van der Waals surface area contributed by atoms with E-state index in [2.05, 4.69) is 9.97 Å². The molecule has 0 amide bonds. The molecular weight excluding hydrogens is 400 g/mol. The van der Waals surface area contributed by atoms with Gasteiger partial charge in [0.05, 0.1) is 6.33 Å². The normalized spacial score (nSPS) is 16.2. The fourth-order valence-electron chi connectivity index (χ4n) is 3.74. The highest BCUT2D eigenvalue weighted by atomic mass is 32.2. The maximum absolute atomic E-state index is 12.9. The summed E-state index contributed by atoms with van der Waals surface area (Å²) in [7, 11) is -1.88. The van der Waals surface area contributed by atoms with Crippen molar-refractivity contribution < 1.29 is 13.2 Å². The third-order valence-electron chi connectivity index (χ3n) is 5.58. The molecule has 1 aromatic carbocycles. The van der Waals surface area contributed by atoms with Gasteiger partial charge in [-0.15, -0.1) is 0 Å². The third-order valence-corrected chi connectivity index (χ3v) is 7.29. The molecule has 0 bridgehead atoms. The average molecular weight is 425 g/mol. The largest absolute Gasteiger partial charge is 0.339 e. The molecule has 4 rings (SSSR count). The predicted octanol–water partition coefficient (Wildman–Crippen LogP) is 2.80. The summed E-state index contributed by atoms with van der Waals surface area (Å²) < 4.78 is 28.6. The predicted molar refractivity (Wildman–Crippen MR) is 113 cm³/mol. The highest BCUT2D eigenvalue weighted by Crippen LogP contribution is 2.37. The van der Waals surface area contributed by atoms with Crippen molar-refractivity contribution in [2.75, 3.05) is 13.1 Å². The first-order chi connectivity index (χ1) is 14.3. The Bertz CT molecular complexity index is 1130. The number of rotatable bonds is 7. The van der Waals surface area contributed by atoms with Gasteiger partial charge >= 0.3 is 0 Å². The molecule has 1 atom stereocenters. The summed E-state index contributed by atoms with van der Waals surface area (Å²) in [5, 5.41) is 0.0496. The summed E-state index contributed by atoms with van der Waals surface area (Å²) in [5.74, 6) is -0.0837. The molecule has 0 aliphatic carbocycles. The van der Waals surface area contributed by atoms with Crippen LogP contribution in [0.3, 0.4) is 0 Å². The lowest BCUT2D eigenvalue weighted by Crippen LogP contribution is -2.52. The first kappa shape index (κ1) is 20.4. The summed E-state index contributed by atoms with van der Waals surface area (Å²) >= 11 is 0. The van der Waals surface area contributed by atoms with Crippen molar-refractivity contribution in [1.82, 2.24) is 18.8 Å². The molecule has 8 heteroatoms. The molecule has 2 aromatic heterocycles. The highest BCUT2D eigenvalue weighted by Gasteiger charge is 2.42. The van der Waals surface area contributed by atoms with E-state index in [-0.39, 0.29) is 22.6 Å². The van der Waals surface area contributed by atoms with E-state index in [1.165, 1.54) is 16.8 Å². The zero-order valence-electron chi connectivity index (χ0n) is 17.0. The van der Waals surface area contributed by atoms with E-state index in [0.717, 1.165) is 11.3 Å². The standard InChI is InChI=1S/C22H24N4O3S/c1-16-6-8-17(9-7-16)21(27)11-19(20-5-3-4-10-23-20)18-12-26(13-18)30(28,29)22-14-25(2)15-24-22/h3-10,14-15,18-19H,11-13H2,1-2H3. The number of aryl methyl sites for hydroxylation is 2. The number of ketones is 1. The Kier molecular flexibility index (Phi) is 5.53. The van der Waals surface area contributed by atoms with Gasteiger partial charge in [0.25, 0.3) is 10.0 Å². The van der Waals surface area contributed by atoms with Crippen LogP contribution in [-0.4, -0.2) is 46.1 Å². The van der Waals surface area contributed by atoms with E-state index in [4.69, 9.17) is 0 Å². The molecule has 0 N–H and O–H groups in total. The number of nitrogens with zero attached hydrogens (tertiary/aromatic N) is 4. The van der Waals surface area contributed by atoms with Gasteiger partial charge in [-0.2, -0.15) is 4.31 Å². The first-order valence-corrected chi connectivity index (χ1v) is 11.3. The molecule has 3 aromatic rings. The number of pyridine rings is 1. The summed E-state index contributed by atoms with van der Waals surface area (Å²) in [5.41, 5.74) is 2.58. The Morgan fingerprint density at radius 3 is 2.47 bits per heavy atom. The SMILES string of the molecule is Cc1ccc(C(=O)CC(c2ccccn2)C2CN(S(=O)(=O)c3cn(C)cn3)C2)cc1. The molecule has 0 radical (unpaired) electrons. The molecule has 1 unspecified atom stereocenters. The van der Waals surface area contributed by atoms with E-state index >= 15 is 0 Å². The second kappa shape index (κ2) is 8.12. The molecule has 1 saturated heterocycles. The fourth-order valence-corrected chi connectivity index (χ4v) is 5.26. The number of benzene rings is 1. The molecule has 30 heavy (non-hydrogen) atoms. The summed E-state index contributed by atoms with van der Waals surface area (Å²) in [6.07, 6.45) is 4.98. The van der Waals surface area contributed by atoms with E-state index in [1.54, 1.807) is 17.8 Å². The van der Waals surface area contributed by atoms with Crippen molar-refractivity contribution in [2.24, 2.45) is 13.0 Å². The molecule has 156 valence electrons. The van der Waals surface area contributed by atoms with Crippen LogP contribution in [0.15, 0.2) is 66.2 Å². The zero-order chi connectivity index (χ0) is 21.3. The summed E-state index contributed by atoms with van der Waals surface area (Å²) in [6.45, 7) is 2.68. The number of sulfonamides is 1. The van der Waals surface area contributed by atoms with Crippen LogP contribution in [0.25, 0.3) is 0 Å². The van der Waals surface area contributed by atoms with Crippen molar-refractivity contribution in [3.63, 3.8) is 0 Å². The number of Topliss-reactive ketones (excluding diaryl/α,β-unsaturated/α-hetero) is 1. The number of imidazole rings is 1. The van der Waals surface area contributed by atoms with Crippen molar-refractivity contribution in [3.05, 3.63) is 78.0 Å². The number of hydrogen-bond donors (Lipinski definition) is 0. The van der Waals surface area contributed by atoms with Gasteiger partial charge in [-0.3, -0.25) is 9.78 Å². The maximum Gasteiger partial charge on any atom is 0.262 e. The number of carbonyl (C=O) groups is 1. The monoisotopic (exact) mass is 424 g/mol. The minimum atomic E-state index is -3.62. The lowest BCUT2D eigenvalue weighted by Gasteiger charge is -2.41. The van der Waals surface area contributed by atoms with Gasteiger partial charge in [-0.1, -0.05) is 35.9 Å². The Morgan fingerprint density at radius 2 is 1.87 bits per heavy atom. The summed E-state index contributed by atoms with van der Waals surface area (Å²) in [6, 6.07) is 13.2. The first-order valence-electron chi connectivity index (χ1n) is 9.83. The lowest BCUT2D eigenvalue weighted by molar-refractivity contribution is 0.0929. The van der Waals surface area contributed by atoms with Gasteiger partial charge in [0.15, 0.2) is 10.8 Å². The maximum atomic E-state index is 12.9. The van der Waals surface area contributed by atoms with Gasteiger partial charge in [-0.25, -0.2) is 13.4 Å². The molecule has 0 saturated carbocycles. The highest BCUT2D eigenvalue weighted by molar-refractivity contribution is 7.89. The van der Waals surface area contributed by atoms with Crippen LogP contribution in [-0.2, 0) is 17.1 Å². The fraction of sp³-hybridized carbons (Fsp3) is 0.318. The lowest BCUT2D eigenvalue weighted by atomic mass is 9.80. The molecule has 1 aliphatic rings. The van der Waals surface area contributed by atoms with Crippen LogP contribution < -0.4 is 0 Å². The van der Waals surface area contributed by atoms with Gasteiger partial charge < -0.3 is 4.57 Å². The third kappa shape index (κ3) is 4.06. The van der Waals surface area contributed by atoms with E-state index < -0.39 is 10.0 Å². The second-order valence-electron chi connectivity index (χ2n) is 7.81. The summed E-state index contributed by atoms with van der Waals surface area (Å²) in [4.78, 5) is 21.4. The minimum absolute atomic E-state index is 0.0211. The Morgan fingerprint density at radius 1 is 1.13 bits per heavy atom. The smallest absolute Gasteiger partial charge is 0.262 e. The zero-order valence-corrected chi connectivity index (χ0v) is 17.8. The Labute approximate surface area is 176 Å². The van der Waals surface area contributed by atoms with E-state index in [0.29, 0.717) is 25.1 Å². The van der Waals surface area contributed by atoms with E-state index in [1.807, 2.05) is 49.4 Å². The van der Waals surface area contributed by atoms with Crippen molar-refractivity contribution in [3.8, 4) is 0 Å². The van der Waals surface area contributed by atoms with Crippen LogP contribution in [0.4, 0.5) is 0 Å². The Balaban J connectivity index is 1.52. The van der Waals surface area contributed by atoms with Crippen LogP contribution in [0.2, 0.25) is 0 Å². The second-order valence-corrected chi connectivity index (χ2v) is 9.70. The van der Waals surface area contributed by atoms with Crippen LogP contribution >= 0.6 is 0 Å². The molecular formula is C22H24N4O3S. The van der Waals surface area contributed by atoms with E-state index in [9.17, 15) is 13.2 Å². The minimum Gasteiger partial charge on any atom is -0.339 e. The van der Waals surface area contributed by atoms with Crippen molar-refractivity contribution in [1.29, 1.82) is 0 Å².